The van der Waals surface area contributed by atoms with Gasteiger partial charge in [0.05, 0.1) is 12.0 Å². The van der Waals surface area contributed by atoms with E-state index in [0.717, 1.165) is 16.6 Å². The number of amides is 1. The lowest BCUT2D eigenvalue weighted by Crippen LogP contribution is -2.41. The number of fused-ring (bicyclic) bond motifs is 1. The van der Waals surface area contributed by atoms with Crippen molar-refractivity contribution in [3.63, 3.8) is 0 Å². The molecule has 0 spiro atoms. The maximum Gasteiger partial charge on any atom is 0.243 e. The number of carbonyl (C=O) groups is 1. The lowest BCUT2D eigenvalue weighted by molar-refractivity contribution is -0.120. The highest BCUT2D eigenvalue weighted by atomic mass is 32.2. The molecule has 0 aliphatic carbocycles. The predicted octanol–water partition coefficient (Wildman–Crippen LogP) is 3.22. The third-order valence-corrected chi connectivity index (χ3v) is 7.26. The third-order valence-electron chi connectivity index (χ3n) is 5.34. The van der Waals surface area contributed by atoms with Gasteiger partial charge in [0.15, 0.2) is 0 Å². The zero-order chi connectivity index (χ0) is 20.4. The van der Waals surface area contributed by atoms with E-state index in [1.54, 1.807) is 24.3 Å². The quantitative estimate of drug-likeness (QED) is 0.672. The minimum absolute atomic E-state index is 0.0682. The van der Waals surface area contributed by atoms with Crippen LogP contribution in [0.15, 0.2) is 59.6 Å². The van der Waals surface area contributed by atoms with Crippen molar-refractivity contribution < 1.29 is 17.9 Å². The number of hydrogen-bond donors (Lipinski definition) is 2. The molecule has 3 aromatic rings. The Morgan fingerprint density at radius 1 is 1.10 bits per heavy atom. The Kier molecular flexibility index (Phi) is 5.29. The summed E-state index contributed by atoms with van der Waals surface area (Å²) in [5.41, 5.74) is 1.76. The number of ether oxygens (including phenoxy) is 1. The maximum atomic E-state index is 12.8. The molecule has 7 nitrogen and oxygen atoms in total. The molecule has 0 radical (unpaired) electrons. The first-order chi connectivity index (χ1) is 14.0. The average molecular weight is 413 g/mol. The zero-order valence-corrected chi connectivity index (χ0v) is 16.9. The van der Waals surface area contributed by atoms with Gasteiger partial charge in [-0.2, -0.15) is 4.31 Å². The molecule has 1 fully saturated rings. The van der Waals surface area contributed by atoms with Crippen molar-refractivity contribution in [1.82, 2.24) is 9.29 Å². The summed E-state index contributed by atoms with van der Waals surface area (Å²) in [6.45, 7) is 0.645. The van der Waals surface area contributed by atoms with Crippen LogP contribution in [0.25, 0.3) is 10.9 Å². The first-order valence-corrected chi connectivity index (χ1v) is 10.9. The molecule has 0 bridgehead atoms. The summed E-state index contributed by atoms with van der Waals surface area (Å²) >= 11 is 0. The Bertz CT molecular complexity index is 1110. The van der Waals surface area contributed by atoms with E-state index in [2.05, 4.69) is 10.3 Å². The molecular formula is C21H23N3O4S. The number of rotatable bonds is 5. The number of sulfonamides is 1. The lowest BCUT2D eigenvalue weighted by atomic mass is 9.97. The number of aromatic nitrogens is 1. The van der Waals surface area contributed by atoms with Crippen molar-refractivity contribution in [3.8, 4) is 5.75 Å². The van der Waals surface area contributed by atoms with Gasteiger partial charge in [0.1, 0.15) is 5.75 Å². The van der Waals surface area contributed by atoms with Gasteiger partial charge in [0.25, 0.3) is 0 Å². The number of hydrogen-bond acceptors (Lipinski definition) is 4. The lowest BCUT2D eigenvalue weighted by Gasteiger charge is -2.30. The predicted molar refractivity (Wildman–Crippen MR) is 111 cm³/mol. The fourth-order valence-corrected chi connectivity index (χ4v) is 5.10. The van der Waals surface area contributed by atoms with E-state index in [-0.39, 0.29) is 16.7 Å². The number of benzene rings is 2. The fourth-order valence-electron chi connectivity index (χ4n) is 3.63. The smallest absolute Gasteiger partial charge is 0.243 e. The van der Waals surface area contributed by atoms with Gasteiger partial charge in [-0.05, 0) is 61.4 Å². The second kappa shape index (κ2) is 7.88. The van der Waals surface area contributed by atoms with E-state index < -0.39 is 10.0 Å². The van der Waals surface area contributed by atoms with Crippen LogP contribution in [0.5, 0.6) is 5.75 Å². The molecule has 1 amide bonds. The minimum atomic E-state index is -3.57. The highest BCUT2D eigenvalue weighted by Crippen LogP contribution is 2.26. The number of piperidine rings is 1. The number of methoxy groups -OCH3 is 1. The summed E-state index contributed by atoms with van der Waals surface area (Å²) < 4.78 is 32.2. The Hall–Kier alpha value is -2.84. The van der Waals surface area contributed by atoms with Crippen molar-refractivity contribution in [3.05, 3.63) is 54.7 Å². The summed E-state index contributed by atoms with van der Waals surface area (Å²) in [5, 5.41) is 3.99. The molecule has 1 saturated heterocycles. The molecule has 4 rings (SSSR count). The van der Waals surface area contributed by atoms with Gasteiger partial charge in [-0.15, -0.1) is 0 Å². The molecule has 1 aromatic heterocycles. The van der Waals surface area contributed by atoms with E-state index in [1.165, 1.54) is 11.4 Å². The number of nitrogens with zero attached hydrogens (tertiary/aromatic N) is 1. The number of nitrogens with one attached hydrogen (secondary N) is 2. The molecular weight excluding hydrogens is 390 g/mol. The third kappa shape index (κ3) is 3.99. The van der Waals surface area contributed by atoms with Gasteiger partial charge in [0.2, 0.25) is 15.9 Å². The van der Waals surface area contributed by atoms with Crippen LogP contribution >= 0.6 is 0 Å². The SMILES string of the molecule is COc1ccc(S(=O)(=O)N2CCC(C(=O)Nc3ccc4[nH]ccc4c3)CC2)cc1. The van der Waals surface area contributed by atoms with Crippen LogP contribution in [0.2, 0.25) is 0 Å². The molecule has 29 heavy (non-hydrogen) atoms. The van der Waals surface area contributed by atoms with Gasteiger partial charge in [-0.25, -0.2) is 8.42 Å². The largest absolute Gasteiger partial charge is 0.497 e. The maximum absolute atomic E-state index is 12.8. The molecule has 8 heteroatoms. The Balaban J connectivity index is 1.38. The second-order valence-corrected chi connectivity index (χ2v) is 9.06. The van der Waals surface area contributed by atoms with E-state index in [1.807, 2.05) is 30.5 Å². The molecule has 0 unspecified atom stereocenters. The molecule has 1 aliphatic heterocycles. The van der Waals surface area contributed by atoms with Gasteiger partial charge < -0.3 is 15.0 Å². The van der Waals surface area contributed by atoms with Crippen molar-refractivity contribution in [2.24, 2.45) is 5.92 Å². The topological polar surface area (TPSA) is 91.5 Å². The van der Waals surface area contributed by atoms with Gasteiger partial charge in [0, 0.05) is 41.8 Å². The molecule has 2 aromatic carbocycles. The summed E-state index contributed by atoms with van der Waals surface area (Å²) in [6, 6.07) is 14.0. The molecule has 2 heterocycles. The monoisotopic (exact) mass is 413 g/mol. The molecule has 2 N–H and O–H groups in total. The highest BCUT2D eigenvalue weighted by Gasteiger charge is 2.32. The Morgan fingerprint density at radius 2 is 1.83 bits per heavy atom. The van der Waals surface area contributed by atoms with Crippen molar-refractivity contribution in [1.29, 1.82) is 0 Å². The van der Waals surface area contributed by atoms with Crippen LogP contribution in [0.3, 0.4) is 0 Å². The molecule has 0 saturated carbocycles. The first-order valence-electron chi connectivity index (χ1n) is 9.49. The Labute approximate surface area is 169 Å². The number of H-pyrrole nitrogens is 1. The summed E-state index contributed by atoms with van der Waals surface area (Å²) in [5.74, 6) is 0.331. The molecule has 152 valence electrons. The number of carbonyl (C=O) groups excluding carboxylic acids is 1. The normalized spacial score (nSPS) is 16.0. The number of aromatic amines is 1. The Morgan fingerprint density at radius 3 is 2.52 bits per heavy atom. The van der Waals surface area contributed by atoms with Gasteiger partial charge in [-0.3, -0.25) is 4.79 Å². The van der Waals surface area contributed by atoms with E-state index >= 15 is 0 Å². The van der Waals surface area contributed by atoms with Crippen molar-refractivity contribution >= 4 is 32.5 Å². The second-order valence-electron chi connectivity index (χ2n) is 7.12. The fraction of sp³-hybridized carbons (Fsp3) is 0.286. The van der Waals surface area contributed by atoms with E-state index in [0.29, 0.717) is 31.7 Å². The first kappa shape index (κ1) is 19.5. The molecule has 0 atom stereocenters. The van der Waals surface area contributed by atoms with E-state index in [4.69, 9.17) is 4.74 Å². The average Bonchev–Trinajstić information content (AvgIpc) is 3.22. The molecule has 1 aliphatic rings. The van der Waals surface area contributed by atoms with Crippen LogP contribution in [0, 0.1) is 5.92 Å². The highest BCUT2D eigenvalue weighted by molar-refractivity contribution is 7.89. The summed E-state index contributed by atoms with van der Waals surface area (Å²) in [4.78, 5) is 16.0. The van der Waals surface area contributed by atoms with E-state index in [9.17, 15) is 13.2 Å². The van der Waals surface area contributed by atoms with Crippen molar-refractivity contribution in [2.75, 3.05) is 25.5 Å². The van der Waals surface area contributed by atoms with Crippen LogP contribution in [0.4, 0.5) is 5.69 Å². The standard InChI is InChI=1S/C21H23N3O4S/c1-28-18-3-5-19(6-4-18)29(26,27)24-12-9-15(10-13-24)21(25)23-17-2-7-20-16(14-17)8-11-22-20/h2-8,11,14-15,22H,9-10,12-13H2,1H3,(H,23,25). The zero-order valence-electron chi connectivity index (χ0n) is 16.1. The summed E-state index contributed by atoms with van der Waals surface area (Å²) in [7, 11) is -2.03. The summed E-state index contributed by atoms with van der Waals surface area (Å²) in [6.07, 6.45) is 2.84. The minimum Gasteiger partial charge on any atom is -0.497 e. The van der Waals surface area contributed by atoms with Crippen LogP contribution in [-0.4, -0.2) is 43.8 Å². The van der Waals surface area contributed by atoms with Crippen LogP contribution < -0.4 is 10.1 Å². The van der Waals surface area contributed by atoms with Crippen LogP contribution in [0.1, 0.15) is 12.8 Å². The van der Waals surface area contributed by atoms with Crippen molar-refractivity contribution in [2.45, 2.75) is 17.7 Å². The van der Waals surface area contributed by atoms with Crippen LogP contribution in [-0.2, 0) is 14.8 Å². The van der Waals surface area contributed by atoms with Gasteiger partial charge in [-0.1, -0.05) is 0 Å². The van der Waals surface area contributed by atoms with Gasteiger partial charge >= 0.3 is 0 Å². The number of anilines is 1.